The van der Waals surface area contributed by atoms with Gasteiger partial charge in [0.05, 0.1) is 0 Å². The summed E-state index contributed by atoms with van der Waals surface area (Å²) in [5.41, 5.74) is 3.26. The van der Waals surface area contributed by atoms with E-state index in [4.69, 9.17) is 16.0 Å². The monoisotopic (exact) mass is 370 g/mol. The van der Waals surface area contributed by atoms with Crippen molar-refractivity contribution in [2.45, 2.75) is 19.5 Å². The van der Waals surface area contributed by atoms with Gasteiger partial charge in [-0.25, -0.2) is 4.79 Å². The van der Waals surface area contributed by atoms with Crippen LogP contribution in [-0.4, -0.2) is 25.5 Å². The van der Waals surface area contributed by atoms with Crippen LogP contribution in [0.2, 0.25) is 5.02 Å². The van der Waals surface area contributed by atoms with Gasteiger partial charge in [-0.2, -0.15) is 0 Å². The molecule has 0 spiro atoms. The van der Waals surface area contributed by atoms with E-state index in [2.05, 4.69) is 36.4 Å². The molecule has 0 unspecified atom stereocenters. The number of benzene rings is 2. The molecule has 0 aliphatic rings. The van der Waals surface area contributed by atoms with Crippen LogP contribution in [0.15, 0.2) is 57.7 Å². The first-order valence-corrected chi connectivity index (χ1v) is 8.98. The molecule has 0 aliphatic heterocycles. The predicted molar refractivity (Wildman–Crippen MR) is 107 cm³/mol. The first-order chi connectivity index (χ1) is 12.5. The zero-order chi connectivity index (χ0) is 18.7. The van der Waals surface area contributed by atoms with E-state index in [9.17, 15) is 4.79 Å². The topological polar surface area (TPSA) is 45.5 Å². The smallest absolute Gasteiger partial charge is 0.336 e. The molecular formula is C21H23ClN2O2. The number of likely N-dealkylation sites (N-methyl/N-ethyl adjacent to an activating group) is 1. The standard InChI is InChI=1S/C21H23ClN2O2/c1-14-9-20-17(11-18(14)22)16(10-21(25)26-20)12-23-13-19(24(2)3)15-7-5-4-6-8-15/h4-11,19,23H,12-13H2,1-3H3/t19-/m0/s1. The van der Waals surface area contributed by atoms with Gasteiger partial charge in [-0.15, -0.1) is 0 Å². The van der Waals surface area contributed by atoms with Gasteiger partial charge >= 0.3 is 5.63 Å². The molecule has 1 heterocycles. The Balaban J connectivity index is 1.81. The molecule has 0 amide bonds. The molecule has 1 aromatic heterocycles. The number of hydrogen-bond acceptors (Lipinski definition) is 4. The maximum Gasteiger partial charge on any atom is 0.336 e. The van der Waals surface area contributed by atoms with Crippen LogP contribution in [-0.2, 0) is 6.54 Å². The number of aryl methyl sites for hydroxylation is 1. The first kappa shape index (κ1) is 18.6. The molecule has 1 atom stereocenters. The van der Waals surface area contributed by atoms with Crippen LogP contribution in [0.3, 0.4) is 0 Å². The second-order valence-electron chi connectivity index (χ2n) is 6.71. The highest BCUT2D eigenvalue weighted by molar-refractivity contribution is 6.32. The highest BCUT2D eigenvalue weighted by Crippen LogP contribution is 2.25. The molecule has 3 rings (SSSR count). The van der Waals surface area contributed by atoms with Crippen LogP contribution in [0.4, 0.5) is 0 Å². The number of fused-ring (bicyclic) bond motifs is 1. The molecule has 1 N–H and O–H groups in total. The van der Waals surface area contributed by atoms with Crippen molar-refractivity contribution < 1.29 is 4.42 Å². The quantitative estimate of drug-likeness (QED) is 0.662. The molecule has 0 radical (unpaired) electrons. The normalized spacial score (nSPS) is 12.7. The SMILES string of the molecule is Cc1cc2oc(=O)cc(CNC[C@@H](c3ccccc3)N(C)C)c2cc1Cl. The summed E-state index contributed by atoms with van der Waals surface area (Å²) in [5.74, 6) is 0. The minimum Gasteiger partial charge on any atom is -0.423 e. The number of hydrogen-bond donors (Lipinski definition) is 1. The number of nitrogens with one attached hydrogen (secondary N) is 1. The van der Waals surface area contributed by atoms with Gasteiger partial charge in [0, 0.05) is 35.6 Å². The van der Waals surface area contributed by atoms with Gasteiger partial charge in [0.25, 0.3) is 0 Å². The Morgan fingerprint density at radius 1 is 1.15 bits per heavy atom. The Morgan fingerprint density at radius 2 is 1.88 bits per heavy atom. The molecule has 0 fully saturated rings. The van der Waals surface area contributed by atoms with Gasteiger partial charge in [-0.05, 0) is 49.8 Å². The Labute approximate surface area is 158 Å². The fourth-order valence-corrected chi connectivity index (χ4v) is 3.28. The third-order valence-corrected chi connectivity index (χ3v) is 4.98. The van der Waals surface area contributed by atoms with E-state index in [1.165, 1.54) is 11.6 Å². The Bertz CT molecular complexity index is 951. The van der Waals surface area contributed by atoms with E-state index in [1.54, 1.807) is 0 Å². The van der Waals surface area contributed by atoms with E-state index in [-0.39, 0.29) is 11.7 Å². The fraction of sp³-hybridized carbons (Fsp3) is 0.286. The molecule has 26 heavy (non-hydrogen) atoms. The van der Waals surface area contributed by atoms with Crippen LogP contribution in [0.1, 0.15) is 22.7 Å². The molecular weight excluding hydrogens is 348 g/mol. The summed E-state index contributed by atoms with van der Waals surface area (Å²) in [5, 5.41) is 5.01. The highest BCUT2D eigenvalue weighted by atomic mass is 35.5. The summed E-state index contributed by atoms with van der Waals surface area (Å²) in [7, 11) is 4.13. The van der Waals surface area contributed by atoms with Crippen molar-refractivity contribution in [2.75, 3.05) is 20.6 Å². The van der Waals surface area contributed by atoms with Gasteiger partial charge in [0.15, 0.2) is 0 Å². The van der Waals surface area contributed by atoms with Gasteiger partial charge in [-0.1, -0.05) is 41.9 Å². The second-order valence-corrected chi connectivity index (χ2v) is 7.12. The molecule has 5 heteroatoms. The number of halogens is 1. The molecule has 4 nitrogen and oxygen atoms in total. The molecule has 0 saturated heterocycles. The lowest BCUT2D eigenvalue weighted by atomic mass is 10.1. The molecule has 3 aromatic rings. The molecule has 136 valence electrons. The summed E-state index contributed by atoms with van der Waals surface area (Å²) in [4.78, 5) is 14.1. The molecule has 0 aliphatic carbocycles. The largest absolute Gasteiger partial charge is 0.423 e. The van der Waals surface area contributed by atoms with Gasteiger partial charge in [0.2, 0.25) is 0 Å². The lowest BCUT2D eigenvalue weighted by Crippen LogP contribution is -2.31. The van der Waals surface area contributed by atoms with Crippen LogP contribution < -0.4 is 10.9 Å². The van der Waals surface area contributed by atoms with E-state index >= 15 is 0 Å². The number of rotatable bonds is 6. The Kier molecular flexibility index (Phi) is 5.77. The summed E-state index contributed by atoms with van der Waals surface area (Å²) >= 11 is 6.26. The van der Waals surface area contributed by atoms with Crippen LogP contribution >= 0.6 is 11.6 Å². The average Bonchev–Trinajstić information content (AvgIpc) is 2.60. The zero-order valence-electron chi connectivity index (χ0n) is 15.3. The van der Waals surface area contributed by atoms with Crippen LogP contribution in [0.25, 0.3) is 11.0 Å². The van der Waals surface area contributed by atoms with E-state index in [0.29, 0.717) is 17.2 Å². The number of nitrogens with zero attached hydrogens (tertiary/aromatic N) is 1. The second kappa shape index (κ2) is 8.04. The van der Waals surface area contributed by atoms with E-state index < -0.39 is 0 Å². The van der Waals surface area contributed by atoms with Crippen molar-refractivity contribution in [1.82, 2.24) is 10.2 Å². The fourth-order valence-electron chi connectivity index (χ4n) is 3.11. The van der Waals surface area contributed by atoms with Crippen molar-refractivity contribution in [3.63, 3.8) is 0 Å². The highest BCUT2D eigenvalue weighted by Gasteiger charge is 2.14. The molecule has 0 saturated carbocycles. The van der Waals surface area contributed by atoms with E-state index in [1.807, 2.05) is 37.3 Å². The zero-order valence-corrected chi connectivity index (χ0v) is 16.0. The first-order valence-electron chi connectivity index (χ1n) is 8.60. The maximum absolute atomic E-state index is 11.9. The van der Waals surface area contributed by atoms with Crippen molar-refractivity contribution >= 4 is 22.6 Å². The summed E-state index contributed by atoms with van der Waals surface area (Å²) in [6.45, 7) is 3.23. The minimum absolute atomic E-state index is 0.244. The Morgan fingerprint density at radius 3 is 2.58 bits per heavy atom. The third kappa shape index (κ3) is 4.15. The minimum atomic E-state index is -0.344. The van der Waals surface area contributed by atoms with Gasteiger partial charge in [-0.3, -0.25) is 0 Å². The van der Waals surface area contributed by atoms with Crippen molar-refractivity contribution in [3.8, 4) is 0 Å². The molecule has 0 bridgehead atoms. The van der Waals surface area contributed by atoms with Crippen molar-refractivity contribution in [2.24, 2.45) is 0 Å². The van der Waals surface area contributed by atoms with Gasteiger partial charge in [0.1, 0.15) is 5.58 Å². The summed E-state index contributed by atoms with van der Waals surface area (Å²) in [6.07, 6.45) is 0. The Hall–Kier alpha value is -2.14. The third-order valence-electron chi connectivity index (χ3n) is 4.57. The lowest BCUT2D eigenvalue weighted by molar-refractivity contribution is 0.288. The summed E-state index contributed by atoms with van der Waals surface area (Å²) < 4.78 is 5.32. The predicted octanol–water partition coefficient (Wildman–Crippen LogP) is 4.15. The van der Waals surface area contributed by atoms with Gasteiger partial charge < -0.3 is 14.6 Å². The van der Waals surface area contributed by atoms with Crippen molar-refractivity contribution in [3.05, 3.63) is 80.7 Å². The van der Waals surface area contributed by atoms with Crippen LogP contribution in [0.5, 0.6) is 0 Å². The lowest BCUT2D eigenvalue weighted by Gasteiger charge is -2.25. The van der Waals surface area contributed by atoms with Crippen molar-refractivity contribution in [1.29, 1.82) is 0 Å². The van der Waals surface area contributed by atoms with Crippen LogP contribution in [0, 0.1) is 6.92 Å². The summed E-state index contributed by atoms with van der Waals surface area (Å²) in [6, 6.07) is 15.8. The maximum atomic E-state index is 11.9. The molecule has 2 aromatic carbocycles. The van der Waals surface area contributed by atoms with E-state index in [0.717, 1.165) is 23.1 Å². The average molecular weight is 371 g/mol.